The third kappa shape index (κ3) is 5.47. The standard InChI is InChI=1S/C25H22FN3O5S2/c1-2-34-24(33)20(12-15-6-4-3-5-7-15)29-22(30)21(36-25(29)35)14-28-19(23(31)32)13-18(27-28)16-8-10-17(26)11-9-16/h3-11,14,19-20H,2,12-13H2,1H3,(H,31,32)/b21-14-/t19-,20-/m1/s1. The molecule has 2 aliphatic rings. The van der Waals surface area contributed by atoms with Crippen molar-refractivity contribution in [2.45, 2.75) is 31.8 Å². The first-order chi connectivity index (χ1) is 17.3. The van der Waals surface area contributed by atoms with E-state index >= 15 is 0 Å². The van der Waals surface area contributed by atoms with Crippen LogP contribution in [0, 0.1) is 5.82 Å². The molecule has 0 unspecified atom stereocenters. The molecular formula is C25H22FN3O5S2. The number of aliphatic carboxylic acids is 1. The summed E-state index contributed by atoms with van der Waals surface area (Å²) in [5.41, 5.74) is 1.85. The fourth-order valence-corrected chi connectivity index (χ4v) is 5.20. The van der Waals surface area contributed by atoms with Crippen LogP contribution in [0.15, 0.2) is 70.8 Å². The van der Waals surface area contributed by atoms with Gasteiger partial charge >= 0.3 is 11.9 Å². The maximum absolute atomic E-state index is 13.4. The fraction of sp³-hybridized carbons (Fsp3) is 0.240. The molecule has 2 aromatic carbocycles. The number of amides is 1. The average Bonchev–Trinajstić information content (AvgIpc) is 3.40. The SMILES string of the molecule is CCOC(=O)[C@@H](Cc1ccccc1)N1C(=O)/C(=C/N2N=C(c3ccc(F)cc3)C[C@@H]2C(=O)O)SC1=S. The predicted octanol–water partition coefficient (Wildman–Crippen LogP) is 3.56. The highest BCUT2D eigenvalue weighted by molar-refractivity contribution is 8.26. The lowest BCUT2D eigenvalue weighted by Gasteiger charge is -2.25. The lowest BCUT2D eigenvalue weighted by molar-refractivity contribution is -0.150. The fourth-order valence-electron chi connectivity index (χ4n) is 3.88. The van der Waals surface area contributed by atoms with E-state index in [0.29, 0.717) is 11.3 Å². The van der Waals surface area contributed by atoms with Crippen molar-refractivity contribution < 1.29 is 28.6 Å². The Kier molecular flexibility index (Phi) is 7.80. The van der Waals surface area contributed by atoms with Crippen molar-refractivity contribution >= 4 is 51.9 Å². The van der Waals surface area contributed by atoms with E-state index in [1.807, 2.05) is 30.3 Å². The van der Waals surface area contributed by atoms with Crippen LogP contribution in [0.5, 0.6) is 0 Å². The molecule has 2 atom stereocenters. The Bertz CT molecular complexity index is 1250. The first-order valence-corrected chi connectivity index (χ1v) is 12.3. The van der Waals surface area contributed by atoms with Crippen LogP contribution in [0.1, 0.15) is 24.5 Å². The number of hydrazone groups is 1. The van der Waals surface area contributed by atoms with Gasteiger partial charge in [0, 0.05) is 19.0 Å². The number of benzene rings is 2. The number of carboxylic acids is 1. The van der Waals surface area contributed by atoms with Crippen LogP contribution in [-0.4, -0.2) is 61.6 Å². The molecule has 1 fully saturated rings. The van der Waals surface area contributed by atoms with E-state index in [4.69, 9.17) is 17.0 Å². The van der Waals surface area contributed by atoms with E-state index in [-0.39, 0.29) is 28.7 Å². The number of carbonyl (C=O) groups is 3. The van der Waals surface area contributed by atoms with E-state index in [1.165, 1.54) is 40.4 Å². The van der Waals surface area contributed by atoms with Gasteiger partial charge in [0.15, 0.2) is 6.04 Å². The van der Waals surface area contributed by atoms with Gasteiger partial charge in [-0.1, -0.05) is 66.4 Å². The second kappa shape index (κ2) is 11.0. The van der Waals surface area contributed by atoms with Gasteiger partial charge in [-0.2, -0.15) is 5.10 Å². The Hall–Kier alpha value is -3.57. The van der Waals surface area contributed by atoms with Crippen LogP contribution in [0.25, 0.3) is 0 Å². The molecule has 0 aromatic heterocycles. The average molecular weight is 528 g/mol. The molecule has 0 radical (unpaired) electrons. The number of ether oxygens (including phenoxy) is 1. The van der Waals surface area contributed by atoms with E-state index in [9.17, 15) is 23.9 Å². The Labute approximate surface area is 216 Å². The van der Waals surface area contributed by atoms with Gasteiger partial charge < -0.3 is 9.84 Å². The maximum Gasteiger partial charge on any atom is 0.329 e. The molecule has 0 spiro atoms. The van der Waals surface area contributed by atoms with E-state index in [0.717, 1.165) is 17.3 Å². The minimum Gasteiger partial charge on any atom is -0.480 e. The first kappa shape index (κ1) is 25.5. The summed E-state index contributed by atoms with van der Waals surface area (Å²) >= 11 is 6.40. The molecular weight excluding hydrogens is 505 g/mol. The van der Waals surface area contributed by atoms with Crippen molar-refractivity contribution in [2.24, 2.45) is 5.10 Å². The zero-order valence-corrected chi connectivity index (χ0v) is 20.8. The molecule has 186 valence electrons. The summed E-state index contributed by atoms with van der Waals surface area (Å²) in [6.45, 7) is 1.82. The summed E-state index contributed by atoms with van der Waals surface area (Å²) in [6, 6.07) is 12.7. The van der Waals surface area contributed by atoms with Crippen LogP contribution >= 0.6 is 24.0 Å². The Morgan fingerprint density at radius 1 is 1.25 bits per heavy atom. The highest BCUT2D eigenvalue weighted by Gasteiger charge is 2.42. The van der Waals surface area contributed by atoms with Crippen molar-refractivity contribution in [3.63, 3.8) is 0 Å². The number of hydrogen-bond donors (Lipinski definition) is 1. The third-order valence-electron chi connectivity index (χ3n) is 5.62. The van der Waals surface area contributed by atoms with Crippen LogP contribution in [0.4, 0.5) is 4.39 Å². The number of thiocarbonyl (C=S) groups is 1. The van der Waals surface area contributed by atoms with Gasteiger partial charge in [-0.15, -0.1) is 0 Å². The summed E-state index contributed by atoms with van der Waals surface area (Å²) in [5, 5.41) is 15.3. The molecule has 1 N–H and O–H groups in total. The number of thioether (sulfide) groups is 1. The molecule has 36 heavy (non-hydrogen) atoms. The van der Waals surface area contributed by atoms with Crippen molar-refractivity contribution in [2.75, 3.05) is 6.61 Å². The summed E-state index contributed by atoms with van der Waals surface area (Å²) in [6.07, 6.45) is 1.60. The lowest BCUT2D eigenvalue weighted by Crippen LogP contribution is -2.46. The van der Waals surface area contributed by atoms with Gasteiger partial charge in [0.05, 0.1) is 17.2 Å². The van der Waals surface area contributed by atoms with E-state index in [2.05, 4.69) is 5.10 Å². The topological polar surface area (TPSA) is 99.5 Å². The number of esters is 1. The van der Waals surface area contributed by atoms with Crippen molar-refractivity contribution in [1.82, 2.24) is 9.91 Å². The van der Waals surface area contributed by atoms with Crippen molar-refractivity contribution in [3.8, 4) is 0 Å². The number of hydrogen-bond acceptors (Lipinski definition) is 8. The normalized spacial score (nSPS) is 19.6. The predicted molar refractivity (Wildman–Crippen MR) is 137 cm³/mol. The number of carboxylic acid groups (broad SMARTS) is 1. The molecule has 2 aromatic rings. The van der Waals surface area contributed by atoms with E-state index in [1.54, 1.807) is 6.92 Å². The molecule has 2 heterocycles. The Balaban J connectivity index is 1.62. The minimum atomic E-state index is -1.13. The molecule has 1 amide bonds. The van der Waals surface area contributed by atoms with Gasteiger partial charge in [-0.05, 0) is 30.2 Å². The number of nitrogens with zero attached hydrogens (tertiary/aromatic N) is 3. The Morgan fingerprint density at radius 2 is 1.94 bits per heavy atom. The number of rotatable bonds is 8. The second-order valence-electron chi connectivity index (χ2n) is 7.99. The van der Waals surface area contributed by atoms with Crippen LogP contribution < -0.4 is 0 Å². The monoisotopic (exact) mass is 527 g/mol. The molecule has 4 rings (SSSR count). The number of carbonyl (C=O) groups excluding carboxylic acids is 2. The molecule has 1 saturated heterocycles. The van der Waals surface area contributed by atoms with Crippen LogP contribution in [0.2, 0.25) is 0 Å². The largest absolute Gasteiger partial charge is 0.480 e. The van der Waals surface area contributed by atoms with Crippen molar-refractivity contribution in [3.05, 3.63) is 82.6 Å². The second-order valence-corrected chi connectivity index (χ2v) is 9.66. The van der Waals surface area contributed by atoms with Gasteiger partial charge in [-0.25, -0.2) is 14.0 Å². The minimum absolute atomic E-state index is 0.0667. The summed E-state index contributed by atoms with van der Waals surface area (Å²) < 4.78 is 18.7. The maximum atomic E-state index is 13.4. The molecule has 2 aliphatic heterocycles. The molecule has 8 nitrogen and oxygen atoms in total. The molecule has 0 bridgehead atoms. The summed E-state index contributed by atoms with van der Waals surface area (Å²) in [5.74, 6) is -2.66. The van der Waals surface area contributed by atoms with Crippen molar-refractivity contribution in [1.29, 1.82) is 0 Å². The number of halogens is 1. The summed E-state index contributed by atoms with van der Waals surface area (Å²) in [7, 11) is 0. The third-order valence-corrected chi connectivity index (χ3v) is 6.94. The molecule has 11 heteroatoms. The van der Waals surface area contributed by atoms with Gasteiger partial charge in [0.2, 0.25) is 0 Å². The Morgan fingerprint density at radius 3 is 2.58 bits per heavy atom. The zero-order valence-electron chi connectivity index (χ0n) is 19.2. The summed E-state index contributed by atoms with van der Waals surface area (Å²) in [4.78, 5) is 39.4. The highest BCUT2D eigenvalue weighted by Crippen LogP contribution is 2.35. The smallest absolute Gasteiger partial charge is 0.329 e. The lowest BCUT2D eigenvalue weighted by atomic mass is 10.0. The molecule has 0 aliphatic carbocycles. The quantitative estimate of drug-likeness (QED) is 0.316. The van der Waals surface area contributed by atoms with Gasteiger partial charge in [0.1, 0.15) is 16.2 Å². The van der Waals surface area contributed by atoms with Gasteiger partial charge in [0.25, 0.3) is 5.91 Å². The molecule has 0 saturated carbocycles. The van der Waals surface area contributed by atoms with E-state index < -0.39 is 35.7 Å². The van der Waals surface area contributed by atoms with Gasteiger partial charge in [-0.3, -0.25) is 14.7 Å². The van der Waals surface area contributed by atoms with Crippen LogP contribution in [0.3, 0.4) is 0 Å². The highest BCUT2D eigenvalue weighted by atomic mass is 32.2. The van der Waals surface area contributed by atoms with Crippen LogP contribution in [-0.2, 0) is 25.5 Å². The zero-order chi connectivity index (χ0) is 25.8. The first-order valence-electron chi connectivity index (χ1n) is 11.1.